The van der Waals surface area contributed by atoms with Crippen molar-refractivity contribution in [2.24, 2.45) is 10.9 Å². The molecule has 0 spiro atoms. The molecule has 198 valence electrons. The van der Waals surface area contributed by atoms with Gasteiger partial charge >= 0.3 is 12.1 Å². The van der Waals surface area contributed by atoms with Gasteiger partial charge in [0.15, 0.2) is 0 Å². The maximum absolute atomic E-state index is 13.5. The summed E-state index contributed by atoms with van der Waals surface area (Å²) in [4.78, 5) is 57.3. The predicted molar refractivity (Wildman–Crippen MR) is 122 cm³/mol. The number of alkyl halides is 3. The van der Waals surface area contributed by atoms with E-state index in [1.807, 2.05) is 0 Å². The molecule has 0 aromatic rings. The zero-order valence-corrected chi connectivity index (χ0v) is 20.7. The Morgan fingerprint density at radius 3 is 2.09 bits per heavy atom. The van der Waals surface area contributed by atoms with Gasteiger partial charge in [-0.05, 0) is 38.5 Å². The fourth-order valence-corrected chi connectivity index (χ4v) is 4.89. The van der Waals surface area contributed by atoms with Crippen molar-refractivity contribution in [1.82, 2.24) is 15.1 Å². The minimum absolute atomic E-state index is 0.130. The highest BCUT2D eigenvalue weighted by Crippen LogP contribution is 2.37. The summed E-state index contributed by atoms with van der Waals surface area (Å²) < 4.78 is 39.6. The topological polar surface area (TPSA) is 119 Å². The Bertz CT molecular complexity index is 847. The number of aliphatic carboxylic acids is 1. The Balaban J connectivity index is 2.30. The average molecular weight is 505 g/mol. The highest BCUT2D eigenvalue weighted by molar-refractivity contribution is 5.97. The van der Waals surface area contributed by atoms with Crippen molar-refractivity contribution < 1.29 is 37.5 Å². The second kappa shape index (κ2) is 11.4. The van der Waals surface area contributed by atoms with Gasteiger partial charge in [0, 0.05) is 20.1 Å². The van der Waals surface area contributed by atoms with Gasteiger partial charge in [-0.1, -0.05) is 26.7 Å². The number of aliphatic imine (C=N–C) groups is 1. The monoisotopic (exact) mass is 504 g/mol. The van der Waals surface area contributed by atoms with E-state index in [4.69, 9.17) is 0 Å². The third-order valence-corrected chi connectivity index (χ3v) is 6.67. The third kappa shape index (κ3) is 6.94. The summed E-state index contributed by atoms with van der Waals surface area (Å²) >= 11 is 0. The number of rotatable bonds is 9. The van der Waals surface area contributed by atoms with E-state index in [2.05, 4.69) is 10.3 Å². The van der Waals surface area contributed by atoms with Crippen LogP contribution in [-0.2, 0) is 19.2 Å². The fourth-order valence-electron chi connectivity index (χ4n) is 4.89. The van der Waals surface area contributed by atoms with Crippen LogP contribution < -0.4 is 5.32 Å². The van der Waals surface area contributed by atoms with Crippen molar-refractivity contribution in [3.05, 3.63) is 0 Å². The molecule has 1 unspecified atom stereocenters. The summed E-state index contributed by atoms with van der Waals surface area (Å²) in [5, 5.41) is 11.8. The molecule has 2 aliphatic rings. The van der Waals surface area contributed by atoms with Gasteiger partial charge in [-0.2, -0.15) is 13.2 Å². The third-order valence-electron chi connectivity index (χ3n) is 6.67. The molecule has 1 heterocycles. The number of amides is 3. The summed E-state index contributed by atoms with van der Waals surface area (Å²) in [6.07, 6.45) is -2.42. The Kier molecular flexibility index (Phi) is 9.29. The Morgan fingerprint density at radius 1 is 1.09 bits per heavy atom. The van der Waals surface area contributed by atoms with E-state index >= 15 is 0 Å². The number of carbonyl (C=O) groups excluding carboxylic acids is 3. The number of halogens is 3. The number of nitrogens with zero attached hydrogens (tertiary/aromatic N) is 3. The molecule has 3 amide bonds. The summed E-state index contributed by atoms with van der Waals surface area (Å²) in [5.74, 6) is -3.68. The van der Waals surface area contributed by atoms with Crippen molar-refractivity contribution >= 4 is 29.4 Å². The van der Waals surface area contributed by atoms with E-state index in [9.17, 15) is 37.5 Å². The quantitative estimate of drug-likeness (QED) is 0.468. The van der Waals surface area contributed by atoms with Crippen molar-refractivity contribution in [2.45, 2.75) is 89.5 Å². The molecule has 2 atom stereocenters. The van der Waals surface area contributed by atoms with Gasteiger partial charge in [-0.3, -0.25) is 24.2 Å². The van der Waals surface area contributed by atoms with Gasteiger partial charge in [0.1, 0.15) is 23.3 Å². The first-order valence-electron chi connectivity index (χ1n) is 11.9. The van der Waals surface area contributed by atoms with Gasteiger partial charge in [0.25, 0.3) is 5.91 Å². The lowest BCUT2D eigenvalue weighted by molar-refractivity contribution is -0.147. The molecule has 0 aromatic heterocycles. The Morgan fingerprint density at radius 2 is 1.63 bits per heavy atom. The molecule has 2 rings (SSSR count). The fraction of sp³-hybridized carbons (Fsp3) is 0.783. The zero-order chi connectivity index (χ0) is 26.6. The van der Waals surface area contributed by atoms with E-state index in [1.165, 1.54) is 11.9 Å². The van der Waals surface area contributed by atoms with E-state index in [0.717, 1.165) is 24.7 Å². The molecule has 2 N–H and O–H groups in total. The number of likely N-dealkylation sites (N-methyl/N-ethyl adjacent to an activating group) is 1. The first-order chi connectivity index (χ1) is 16.2. The summed E-state index contributed by atoms with van der Waals surface area (Å²) in [5.41, 5.74) is -2.72. The van der Waals surface area contributed by atoms with Crippen LogP contribution in [0.15, 0.2) is 4.99 Å². The molecule has 1 aliphatic heterocycles. The Hall–Kier alpha value is -2.66. The lowest BCUT2D eigenvalue weighted by Crippen LogP contribution is -2.59. The lowest BCUT2D eigenvalue weighted by Gasteiger charge is -2.36. The second-order valence-electron chi connectivity index (χ2n) is 9.73. The van der Waals surface area contributed by atoms with Gasteiger partial charge in [-0.15, -0.1) is 0 Å². The molecule has 35 heavy (non-hydrogen) atoms. The van der Waals surface area contributed by atoms with Crippen molar-refractivity contribution in [3.8, 4) is 0 Å². The minimum atomic E-state index is -4.68. The average Bonchev–Trinajstić information content (AvgIpc) is 3.43. The van der Waals surface area contributed by atoms with E-state index < -0.39 is 65.5 Å². The molecule has 0 radical (unpaired) electrons. The molecule has 0 aromatic carbocycles. The highest BCUT2D eigenvalue weighted by atomic mass is 19.4. The van der Waals surface area contributed by atoms with Crippen LogP contribution in [0.4, 0.5) is 13.2 Å². The van der Waals surface area contributed by atoms with Crippen LogP contribution >= 0.6 is 0 Å². The molecule has 9 nitrogen and oxygen atoms in total. The van der Waals surface area contributed by atoms with Crippen LogP contribution in [0.3, 0.4) is 0 Å². The van der Waals surface area contributed by atoms with Gasteiger partial charge in [0.05, 0.1) is 6.42 Å². The highest BCUT2D eigenvalue weighted by Gasteiger charge is 2.48. The number of hydrogen-bond donors (Lipinski definition) is 2. The Labute approximate surface area is 203 Å². The molecular formula is C23H35F3N4O5. The second-order valence-corrected chi connectivity index (χ2v) is 9.73. The minimum Gasteiger partial charge on any atom is -0.481 e. The van der Waals surface area contributed by atoms with Crippen molar-refractivity contribution in [3.63, 3.8) is 0 Å². The van der Waals surface area contributed by atoms with E-state index in [1.54, 1.807) is 13.8 Å². The first-order valence-corrected chi connectivity index (χ1v) is 11.9. The van der Waals surface area contributed by atoms with Crippen LogP contribution in [0.5, 0.6) is 0 Å². The molecule has 1 aliphatic carbocycles. The van der Waals surface area contributed by atoms with E-state index in [-0.39, 0.29) is 12.8 Å². The number of nitrogens with one attached hydrogen (secondary N) is 1. The number of carbonyl (C=O) groups is 4. The first kappa shape index (κ1) is 28.6. The SMILES string of the molecule is C/C(=N\C1(C(=O)N(C)C(C(=O)N[C@@H](CC(=O)O)C(=O)N2CCCC2)C(C)C)CCCC1)C(F)(F)F. The van der Waals surface area contributed by atoms with Crippen molar-refractivity contribution in [2.75, 3.05) is 20.1 Å². The number of hydrogen-bond acceptors (Lipinski definition) is 5. The van der Waals surface area contributed by atoms with Crippen LogP contribution in [-0.4, -0.2) is 88.2 Å². The smallest absolute Gasteiger partial charge is 0.428 e. The molecule has 1 saturated carbocycles. The summed E-state index contributed by atoms with van der Waals surface area (Å²) in [6, 6.07) is -2.45. The largest absolute Gasteiger partial charge is 0.481 e. The normalized spacial score (nSPS) is 20.0. The van der Waals surface area contributed by atoms with Crippen LogP contribution in [0, 0.1) is 5.92 Å². The maximum atomic E-state index is 13.5. The predicted octanol–water partition coefficient (Wildman–Crippen LogP) is 2.39. The number of likely N-dealkylation sites (tertiary alicyclic amines) is 1. The van der Waals surface area contributed by atoms with Gasteiger partial charge in [0.2, 0.25) is 11.8 Å². The standard InChI is InChI=1S/C23H35F3N4O5/c1-14(2)18(19(33)27-16(13-17(31)32)20(34)30-11-7-8-12-30)29(4)21(35)22(9-5-6-10-22)28-15(3)23(24,25)26/h14,16,18H,5-13H2,1-4H3,(H,27,33)(H,31,32)/b28-15+/t16-,18?/m0/s1. The molecular weight excluding hydrogens is 469 g/mol. The zero-order valence-electron chi connectivity index (χ0n) is 20.7. The van der Waals surface area contributed by atoms with Gasteiger partial charge in [-0.25, -0.2) is 0 Å². The molecule has 0 bridgehead atoms. The maximum Gasteiger partial charge on any atom is 0.428 e. The van der Waals surface area contributed by atoms with Crippen LogP contribution in [0.25, 0.3) is 0 Å². The van der Waals surface area contributed by atoms with Gasteiger partial charge < -0.3 is 20.2 Å². The van der Waals surface area contributed by atoms with Crippen LogP contribution in [0.2, 0.25) is 0 Å². The molecule has 1 saturated heterocycles. The molecule has 2 fully saturated rings. The summed E-state index contributed by atoms with van der Waals surface area (Å²) in [7, 11) is 1.33. The number of carboxylic acids is 1. The number of carboxylic acid groups (broad SMARTS) is 1. The van der Waals surface area contributed by atoms with Crippen molar-refractivity contribution in [1.29, 1.82) is 0 Å². The van der Waals surface area contributed by atoms with Crippen LogP contribution in [0.1, 0.15) is 65.7 Å². The molecule has 12 heteroatoms. The lowest BCUT2D eigenvalue weighted by atomic mass is 9.93. The summed E-state index contributed by atoms with van der Waals surface area (Å²) in [6.45, 7) is 5.08. The van der Waals surface area contributed by atoms with E-state index in [0.29, 0.717) is 25.9 Å².